The number of amides is 1. The molecule has 0 unspecified atom stereocenters. The van der Waals surface area contributed by atoms with E-state index in [1.54, 1.807) is 23.1 Å². The van der Waals surface area contributed by atoms with Crippen LogP contribution in [0.5, 0.6) is 0 Å². The van der Waals surface area contributed by atoms with Gasteiger partial charge in [-0.1, -0.05) is 53.4 Å². The summed E-state index contributed by atoms with van der Waals surface area (Å²) in [6.45, 7) is 8.64. The van der Waals surface area contributed by atoms with Crippen molar-refractivity contribution in [2.24, 2.45) is 5.92 Å². The maximum Gasteiger partial charge on any atom is 0.227 e. The number of nitrogens with zero attached hydrogens (tertiary/aromatic N) is 2. The number of quaternary nitrogens is 1. The fourth-order valence-corrected chi connectivity index (χ4v) is 5.23. The quantitative estimate of drug-likeness (QED) is 0.409. The molecule has 0 saturated carbocycles. The number of thioether (sulfide) groups is 1. The van der Waals surface area contributed by atoms with Crippen LogP contribution in [0.4, 0.5) is 5.69 Å². The first kappa shape index (κ1) is 20.3. The zero-order valence-electron chi connectivity index (χ0n) is 15.4. The summed E-state index contributed by atoms with van der Waals surface area (Å²) >= 11 is 8.72. The predicted octanol–water partition coefficient (Wildman–Crippen LogP) is 3.23. The first-order valence-electron chi connectivity index (χ1n) is 9.06. The number of benzene rings is 1. The molecule has 1 amide bonds. The molecule has 0 radical (unpaired) electrons. The minimum absolute atomic E-state index is 0.0824. The number of likely N-dealkylation sites (tertiary alicyclic amines) is 1. The number of rotatable bonds is 7. The van der Waals surface area contributed by atoms with Crippen molar-refractivity contribution in [3.05, 3.63) is 46.4 Å². The highest BCUT2D eigenvalue weighted by Crippen LogP contribution is 2.23. The van der Waals surface area contributed by atoms with Crippen LogP contribution in [0.1, 0.15) is 19.8 Å². The number of hydrogen-bond acceptors (Lipinski definition) is 5. The van der Waals surface area contributed by atoms with Crippen molar-refractivity contribution >= 4 is 46.9 Å². The van der Waals surface area contributed by atoms with E-state index in [1.165, 1.54) is 4.90 Å². The topological polar surface area (TPSA) is 51.4 Å². The summed E-state index contributed by atoms with van der Waals surface area (Å²) in [6, 6.07) is 9.66. The van der Waals surface area contributed by atoms with Crippen molar-refractivity contribution < 1.29 is 9.69 Å². The number of piperidine rings is 1. The lowest BCUT2D eigenvalue weighted by atomic mass is 9.96. The van der Waals surface area contributed by atoms with Crippen molar-refractivity contribution in [1.82, 2.24) is 9.78 Å². The monoisotopic (exact) mass is 421 g/mol. The highest BCUT2D eigenvalue weighted by molar-refractivity contribution is 8.01. The highest BCUT2D eigenvalue weighted by atomic mass is 32.2. The van der Waals surface area contributed by atoms with Crippen molar-refractivity contribution in [3.8, 4) is 0 Å². The Labute approximate surface area is 173 Å². The number of carbonyl (C=O) groups excluding carboxylic acids is 1. The molecule has 2 N–H and O–H groups in total. The van der Waals surface area contributed by atoms with E-state index in [0.717, 1.165) is 57.9 Å². The first-order valence-corrected chi connectivity index (χ1v) is 11.3. The van der Waals surface area contributed by atoms with E-state index in [1.807, 2.05) is 41.9 Å². The smallest absolute Gasteiger partial charge is 0.227 e. The van der Waals surface area contributed by atoms with Gasteiger partial charge < -0.3 is 10.2 Å². The van der Waals surface area contributed by atoms with Crippen LogP contribution < -0.4 is 10.2 Å². The Kier molecular flexibility index (Phi) is 7.23. The van der Waals surface area contributed by atoms with Gasteiger partial charge in [-0.15, -0.1) is 5.10 Å². The number of hydrogen-bond donors (Lipinski definition) is 2. The molecule has 27 heavy (non-hydrogen) atoms. The molecule has 5 nitrogen and oxygen atoms in total. The van der Waals surface area contributed by atoms with E-state index in [9.17, 15) is 4.79 Å². The lowest BCUT2D eigenvalue weighted by molar-refractivity contribution is -0.928. The zero-order chi connectivity index (χ0) is 19.2. The second kappa shape index (κ2) is 9.64. The van der Waals surface area contributed by atoms with Gasteiger partial charge in [0.15, 0.2) is 15.0 Å². The van der Waals surface area contributed by atoms with Crippen LogP contribution in [0.2, 0.25) is 0 Å². The predicted molar refractivity (Wildman–Crippen MR) is 115 cm³/mol. The average Bonchev–Trinajstić information content (AvgIpc) is 3.01. The van der Waals surface area contributed by atoms with Crippen LogP contribution in [-0.4, -0.2) is 34.5 Å². The molecule has 144 valence electrons. The van der Waals surface area contributed by atoms with Gasteiger partial charge in [0.1, 0.15) is 0 Å². The molecule has 0 atom stereocenters. The van der Waals surface area contributed by atoms with Crippen LogP contribution in [0.15, 0.2) is 46.8 Å². The lowest BCUT2D eigenvalue weighted by Gasteiger charge is -2.28. The molecular formula is C19H25N4OS3+. The highest BCUT2D eigenvalue weighted by Gasteiger charge is 2.28. The number of nitrogens with one attached hydrogen (secondary N) is 2. The van der Waals surface area contributed by atoms with Crippen LogP contribution >= 0.6 is 35.3 Å². The fourth-order valence-electron chi connectivity index (χ4n) is 3.05. The molecule has 1 saturated heterocycles. The molecular weight excluding hydrogens is 396 g/mol. The molecule has 1 aliphatic rings. The van der Waals surface area contributed by atoms with Crippen LogP contribution in [0, 0.1) is 9.87 Å². The molecule has 1 aromatic carbocycles. The largest absolute Gasteiger partial charge is 0.326 e. The second-order valence-electron chi connectivity index (χ2n) is 6.92. The summed E-state index contributed by atoms with van der Waals surface area (Å²) in [6.07, 6.45) is 1.78. The zero-order valence-corrected chi connectivity index (χ0v) is 17.9. The standard InChI is InChI=1S/C19H24N4OS3/c1-14(2)12-26-18-21-23(19(25)27-18)13-22-10-8-15(9-11-22)17(24)20-16-6-4-3-5-7-16/h3-7,15H,1,8-13H2,2H3,(H,20,24)/p+1. The molecule has 1 aromatic heterocycles. The average molecular weight is 422 g/mol. The molecule has 1 aliphatic heterocycles. The Hall–Kier alpha value is -1.48. The molecule has 0 bridgehead atoms. The summed E-state index contributed by atoms with van der Waals surface area (Å²) in [7, 11) is 0. The minimum atomic E-state index is 0.0824. The molecule has 0 spiro atoms. The second-order valence-corrected chi connectivity index (χ2v) is 9.76. The minimum Gasteiger partial charge on any atom is -0.326 e. The third-order valence-electron chi connectivity index (χ3n) is 4.51. The van der Waals surface area contributed by atoms with E-state index in [0.29, 0.717) is 0 Å². The van der Waals surface area contributed by atoms with Gasteiger partial charge in [0.2, 0.25) is 5.91 Å². The van der Waals surface area contributed by atoms with Gasteiger partial charge >= 0.3 is 0 Å². The summed E-state index contributed by atoms with van der Waals surface area (Å²) in [5.41, 5.74) is 2.00. The van der Waals surface area contributed by atoms with Gasteiger partial charge in [0.25, 0.3) is 0 Å². The summed E-state index contributed by atoms with van der Waals surface area (Å²) in [4.78, 5) is 13.9. The number of carbonyl (C=O) groups is 1. The Balaban J connectivity index is 1.49. The maximum atomic E-state index is 12.5. The van der Waals surface area contributed by atoms with E-state index in [4.69, 9.17) is 12.2 Å². The Bertz CT molecular complexity index is 838. The van der Waals surface area contributed by atoms with Crippen LogP contribution in [0.3, 0.4) is 0 Å². The lowest BCUT2D eigenvalue weighted by Crippen LogP contribution is -3.12. The van der Waals surface area contributed by atoms with E-state index in [-0.39, 0.29) is 11.8 Å². The SMILES string of the molecule is C=C(C)CSc1nn(C[NH+]2CCC(C(=O)Nc3ccccc3)CC2)c(=S)s1. The van der Waals surface area contributed by atoms with E-state index < -0.39 is 0 Å². The maximum absolute atomic E-state index is 12.5. The Morgan fingerprint density at radius 3 is 2.78 bits per heavy atom. The Morgan fingerprint density at radius 1 is 1.41 bits per heavy atom. The summed E-state index contributed by atoms with van der Waals surface area (Å²) in [5, 5.41) is 7.66. The third-order valence-corrected chi connectivity index (χ3v) is 7.18. The third kappa shape index (κ3) is 6.00. The van der Waals surface area contributed by atoms with Crippen molar-refractivity contribution in [2.75, 3.05) is 24.2 Å². The van der Waals surface area contributed by atoms with Crippen molar-refractivity contribution in [3.63, 3.8) is 0 Å². The van der Waals surface area contributed by atoms with E-state index in [2.05, 4.69) is 17.0 Å². The summed E-state index contributed by atoms with van der Waals surface area (Å²) < 4.78 is 3.75. The number of para-hydroxylation sites is 1. The fraction of sp³-hybridized carbons (Fsp3) is 0.421. The first-order chi connectivity index (χ1) is 13.0. The molecule has 2 aromatic rings. The normalized spacial score (nSPS) is 19.6. The van der Waals surface area contributed by atoms with Gasteiger partial charge in [0, 0.05) is 30.2 Å². The van der Waals surface area contributed by atoms with Crippen molar-refractivity contribution in [1.29, 1.82) is 0 Å². The van der Waals surface area contributed by atoms with E-state index >= 15 is 0 Å². The summed E-state index contributed by atoms with van der Waals surface area (Å²) in [5.74, 6) is 1.08. The van der Waals surface area contributed by atoms with Gasteiger partial charge in [0.05, 0.1) is 13.1 Å². The van der Waals surface area contributed by atoms with Crippen LogP contribution in [-0.2, 0) is 11.5 Å². The molecule has 1 fully saturated rings. The van der Waals surface area contributed by atoms with Crippen LogP contribution in [0.25, 0.3) is 0 Å². The van der Waals surface area contributed by atoms with Gasteiger partial charge in [-0.2, -0.15) is 4.68 Å². The van der Waals surface area contributed by atoms with Gasteiger partial charge in [-0.05, 0) is 31.3 Å². The van der Waals surface area contributed by atoms with Gasteiger partial charge in [-0.25, -0.2) is 0 Å². The number of aromatic nitrogens is 2. The van der Waals surface area contributed by atoms with Crippen molar-refractivity contribution in [2.45, 2.75) is 30.8 Å². The molecule has 3 rings (SSSR count). The van der Waals surface area contributed by atoms with Gasteiger partial charge in [-0.3, -0.25) is 4.79 Å². The molecule has 8 heteroatoms. The molecule has 0 aliphatic carbocycles. The Morgan fingerprint density at radius 2 is 2.11 bits per heavy atom. The molecule has 2 heterocycles. The number of anilines is 1.